The van der Waals surface area contributed by atoms with Gasteiger partial charge in [-0.05, 0) is 30.9 Å². The summed E-state index contributed by atoms with van der Waals surface area (Å²) in [5.41, 5.74) is 4.22. The quantitative estimate of drug-likeness (QED) is 0.607. The molecule has 1 aromatic carbocycles. The summed E-state index contributed by atoms with van der Waals surface area (Å²) in [5.74, 6) is -0.156. The van der Waals surface area contributed by atoms with Crippen LogP contribution in [0.1, 0.15) is 25.3 Å². The molecule has 3 aliphatic heterocycles. The first kappa shape index (κ1) is 16.2. The Balaban J connectivity index is 1.80. The molecule has 0 amide bonds. The first-order valence-electron chi connectivity index (χ1n) is 9.35. The van der Waals surface area contributed by atoms with Crippen LogP contribution in [0.5, 0.6) is 0 Å². The highest BCUT2D eigenvalue weighted by molar-refractivity contribution is 6.09. The number of allylic oxidation sites excluding steroid dienone is 1. The molecule has 1 aliphatic carbocycles. The van der Waals surface area contributed by atoms with E-state index in [1.807, 2.05) is 6.07 Å². The van der Waals surface area contributed by atoms with Gasteiger partial charge in [0.25, 0.3) is 0 Å². The minimum Gasteiger partial charge on any atom is -0.469 e. The van der Waals surface area contributed by atoms with E-state index in [0.29, 0.717) is 0 Å². The molecule has 0 radical (unpaired) electrons. The molecule has 0 spiro atoms. The Hall–Kier alpha value is -1.98. The number of hydrogen-bond acceptors (Lipinski definition) is 5. The van der Waals surface area contributed by atoms with Crippen molar-refractivity contribution in [1.29, 1.82) is 0 Å². The Bertz CT molecular complexity index is 845. The molecule has 3 heterocycles. The largest absolute Gasteiger partial charge is 0.469 e. The second kappa shape index (κ2) is 5.51. The zero-order valence-electron chi connectivity index (χ0n) is 15.4. The van der Waals surface area contributed by atoms with Crippen LogP contribution < -0.4 is 0 Å². The molecule has 2 saturated heterocycles. The molecule has 1 saturated carbocycles. The van der Waals surface area contributed by atoms with E-state index in [-0.39, 0.29) is 30.1 Å². The van der Waals surface area contributed by atoms with Crippen molar-refractivity contribution >= 4 is 17.4 Å². The summed E-state index contributed by atoms with van der Waals surface area (Å²) in [7, 11) is 3.28. The molecule has 5 rings (SSSR count). The number of piperidine rings is 2. The van der Waals surface area contributed by atoms with Crippen molar-refractivity contribution in [3.05, 3.63) is 41.5 Å². The van der Waals surface area contributed by atoms with Crippen molar-refractivity contribution in [2.75, 3.05) is 20.8 Å². The van der Waals surface area contributed by atoms with Gasteiger partial charge in [-0.3, -0.25) is 14.7 Å². The van der Waals surface area contributed by atoms with Gasteiger partial charge in [0.15, 0.2) is 0 Å². The molecule has 0 N–H and O–H groups in total. The fourth-order valence-electron chi connectivity index (χ4n) is 6.00. The smallest absolute Gasteiger partial charge is 0.310 e. The zero-order valence-corrected chi connectivity index (χ0v) is 15.4. The molecular weight excluding hydrogens is 328 g/mol. The van der Waals surface area contributed by atoms with E-state index in [1.165, 1.54) is 18.2 Å². The third-order valence-corrected chi connectivity index (χ3v) is 7.01. The monoisotopic (exact) mass is 352 g/mol. The first-order chi connectivity index (χ1) is 12.7. The maximum absolute atomic E-state index is 13.1. The highest BCUT2D eigenvalue weighted by Gasteiger charge is 2.67. The highest BCUT2D eigenvalue weighted by atomic mass is 16.5. The molecule has 5 nitrogen and oxygen atoms in total. The molecule has 136 valence electrons. The van der Waals surface area contributed by atoms with Crippen LogP contribution in [0.4, 0.5) is 5.69 Å². The number of ether oxygens (including phenoxy) is 2. The van der Waals surface area contributed by atoms with Gasteiger partial charge in [0.2, 0.25) is 0 Å². The Morgan fingerprint density at radius 1 is 1.35 bits per heavy atom. The molecule has 5 heteroatoms. The van der Waals surface area contributed by atoms with Crippen LogP contribution in [-0.2, 0) is 19.7 Å². The Labute approximate surface area is 153 Å². The standard InChI is InChI=1S/C21H24N2O3/c1-4-12-11-23-16-9-13(12)18(20(24)26-3)21(10-17(23)25-2)14-7-5-6-8-15(14)22-19(16)21/h4-8,13,16-18H,9-11H2,1-3H3. The SMILES string of the molecule is CC=C1CN2C(OC)CC34C(=Nc5ccccc53)C2CC1C4C(=O)OC. The summed E-state index contributed by atoms with van der Waals surface area (Å²) < 4.78 is 11.3. The average molecular weight is 352 g/mol. The summed E-state index contributed by atoms with van der Waals surface area (Å²) in [6.07, 6.45) is 3.82. The van der Waals surface area contributed by atoms with Crippen LogP contribution >= 0.6 is 0 Å². The van der Waals surface area contributed by atoms with E-state index < -0.39 is 5.41 Å². The molecular formula is C21H24N2O3. The Morgan fingerprint density at radius 2 is 2.15 bits per heavy atom. The lowest BCUT2D eigenvalue weighted by Gasteiger charge is -2.61. The number of carbonyl (C=O) groups is 1. The van der Waals surface area contributed by atoms with Gasteiger partial charge in [0.1, 0.15) is 6.23 Å². The van der Waals surface area contributed by atoms with Gasteiger partial charge < -0.3 is 9.47 Å². The van der Waals surface area contributed by atoms with E-state index in [9.17, 15) is 4.79 Å². The molecule has 26 heavy (non-hydrogen) atoms. The molecule has 5 unspecified atom stereocenters. The van der Waals surface area contributed by atoms with E-state index >= 15 is 0 Å². The summed E-state index contributed by atoms with van der Waals surface area (Å²) in [6, 6.07) is 8.51. The second-order valence-corrected chi connectivity index (χ2v) is 7.77. The van der Waals surface area contributed by atoms with Crippen LogP contribution in [0.15, 0.2) is 40.9 Å². The van der Waals surface area contributed by atoms with Gasteiger partial charge in [0.05, 0.1) is 30.2 Å². The third-order valence-electron chi connectivity index (χ3n) is 7.01. The number of rotatable bonds is 2. The van der Waals surface area contributed by atoms with Crippen molar-refractivity contribution in [3.63, 3.8) is 0 Å². The summed E-state index contributed by atoms with van der Waals surface area (Å²) in [6.45, 7) is 2.91. The zero-order chi connectivity index (χ0) is 18.1. The fourth-order valence-corrected chi connectivity index (χ4v) is 6.00. The van der Waals surface area contributed by atoms with E-state index in [4.69, 9.17) is 14.5 Å². The maximum Gasteiger partial charge on any atom is 0.310 e. The summed E-state index contributed by atoms with van der Waals surface area (Å²) >= 11 is 0. The number of fused-ring (bicyclic) bond motifs is 2. The van der Waals surface area contributed by atoms with Crippen LogP contribution in [0.25, 0.3) is 0 Å². The van der Waals surface area contributed by atoms with E-state index in [0.717, 1.165) is 30.8 Å². The number of carbonyl (C=O) groups excluding carboxylic acids is 1. The van der Waals surface area contributed by atoms with Gasteiger partial charge >= 0.3 is 5.97 Å². The van der Waals surface area contributed by atoms with E-state index in [1.54, 1.807) is 7.11 Å². The van der Waals surface area contributed by atoms with Crippen molar-refractivity contribution in [2.45, 2.75) is 37.5 Å². The van der Waals surface area contributed by atoms with Gasteiger partial charge in [-0.1, -0.05) is 29.8 Å². The van der Waals surface area contributed by atoms with Gasteiger partial charge in [-0.2, -0.15) is 0 Å². The highest BCUT2D eigenvalue weighted by Crippen LogP contribution is 2.61. The average Bonchev–Trinajstić information content (AvgIpc) is 3.02. The number of nitrogens with zero attached hydrogens (tertiary/aromatic N) is 2. The second-order valence-electron chi connectivity index (χ2n) is 7.77. The number of esters is 1. The van der Waals surface area contributed by atoms with Crippen LogP contribution in [-0.4, -0.2) is 49.6 Å². The first-order valence-corrected chi connectivity index (χ1v) is 9.35. The van der Waals surface area contributed by atoms with Crippen molar-refractivity contribution in [2.24, 2.45) is 16.8 Å². The van der Waals surface area contributed by atoms with Crippen molar-refractivity contribution in [1.82, 2.24) is 4.90 Å². The minimum atomic E-state index is -0.414. The summed E-state index contributed by atoms with van der Waals surface area (Å²) in [4.78, 5) is 20.6. The topological polar surface area (TPSA) is 51.1 Å². The van der Waals surface area contributed by atoms with Crippen molar-refractivity contribution in [3.8, 4) is 0 Å². The molecule has 3 fully saturated rings. The van der Waals surface area contributed by atoms with Gasteiger partial charge in [-0.25, -0.2) is 0 Å². The number of para-hydroxylation sites is 1. The predicted molar refractivity (Wildman–Crippen MR) is 98.5 cm³/mol. The molecule has 1 aromatic rings. The molecule has 3 bridgehead atoms. The van der Waals surface area contributed by atoms with Crippen molar-refractivity contribution < 1.29 is 14.3 Å². The lowest BCUT2D eigenvalue weighted by molar-refractivity contribution is -0.158. The Kier molecular flexibility index (Phi) is 3.43. The fraction of sp³-hybridized carbons (Fsp3) is 0.524. The minimum absolute atomic E-state index is 0.0199. The predicted octanol–water partition coefficient (Wildman–Crippen LogP) is 2.83. The maximum atomic E-state index is 13.1. The van der Waals surface area contributed by atoms with Crippen LogP contribution in [0.2, 0.25) is 0 Å². The van der Waals surface area contributed by atoms with E-state index in [2.05, 4.69) is 36.1 Å². The summed E-state index contributed by atoms with van der Waals surface area (Å²) in [5, 5.41) is 0. The number of methoxy groups -OCH3 is 2. The Morgan fingerprint density at radius 3 is 2.88 bits per heavy atom. The molecule has 0 aromatic heterocycles. The van der Waals surface area contributed by atoms with Crippen LogP contribution in [0, 0.1) is 11.8 Å². The van der Waals surface area contributed by atoms with Gasteiger partial charge in [0, 0.05) is 25.8 Å². The number of benzene rings is 1. The number of aliphatic imine (C=N–C) groups is 1. The molecule has 5 atom stereocenters. The molecule has 4 aliphatic rings. The lowest BCUT2D eigenvalue weighted by Crippen LogP contribution is -2.71. The number of hydrogen-bond donors (Lipinski definition) is 0. The third kappa shape index (κ3) is 1.78. The normalized spacial score (nSPS) is 38.7. The lowest BCUT2D eigenvalue weighted by atomic mass is 9.50. The van der Waals surface area contributed by atoms with Crippen LogP contribution in [0.3, 0.4) is 0 Å². The van der Waals surface area contributed by atoms with Gasteiger partial charge in [-0.15, -0.1) is 0 Å².